The standard InChI is InChI=1S/C14H16N4O6S2/c1-4-24-14(20)11-13(25-17-16-11)15-12(19)9-6-5-7-10(8-9)26(21,22)18(2)23-3/h5-8H,4H2,1-3H3,(H,15,19). The van der Waals surface area contributed by atoms with E-state index in [1.54, 1.807) is 6.92 Å². The average molecular weight is 400 g/mol. The molecule has 0 unspecified atom stereocenters. The number of aromatic nitrogens is 2. The van der Waals surface area contributed by atoms with Crippen molar-refractivity contribution in [2.75, 3.05) is 26.1 Å². The lowest BCUT2D eigenvalue weighted by molar-refractivity contribution is -0.0258. The first-order chi connectivity index (χ1) is 12.3. The van der Waals surface area contributed by atoms with Gasteiger partial charge in [-0.1, -0.05) is 15.0 Å². The SMILES string of the molecule is CCOC(=O)c1nnsc1NC(=O)c1cccc(S(=O)(=O)N(C)OC)c1. The van der Waals surface area contributed by atoms with Crippen LogP contribution in [0.25, 0.3) is 0 Å². The van der Waals surface area contributed by atoms with E-state index in [1.807, 2.05) is 0 Å². The second-order valence-electron chi connectivity index (χ2n) is 4.75. The summed E-state index contributed by atoms with van der Waals surface area (Å²) in [6.45, 7) is 1.79. The van der Waals surface area contributed by atoms with Crippen molar-refractivity contribution in [3.63, 3.8) is 0 Å². The number of sulfonamides is 1. The maximum atomic E-state index is 12.4. The Bertz CT molecular complexity index is 912. The molecule has 0 saturated carbocycles. The van der Waals surface area contributed by atoms with Gasteiger partial charge >= 0.3 is 5.97 Å². The van der Waals surface area contributed by atoms with E-state index in [-0.39, 0.29) is 27.8 Å². The van der Waals surface area contributed by atoms with E-state index in [1.165, 1.54) is 38.4 Å². The number of hydrogen-bond acceptors (Lipinski definition) is 9. The lowest BCUT2D eigenvalue weighted by Crippen LogP contribution is -2.26. The number of rotatable bonds is 7. The van der Waals surface area contributed by atoms with Crippen LogP contribution in [0.2, 0.25) is 0 Å². The number of benzene rings is 1. The van der Waals surface area contributed by atoms with Gasteiger partial charge in [-0.2, -0.15) is 0 Å². The lowest BCUT2D eigenvalue weighted by Gasteiger charge is -2.14. The number of ether oxygens (including phenoxy) is 1. The average Bonchev–Trinajstić information content (AvgIpc) is 3.09. The minimum atomic E-state index is -3.90. The van der Waals surface area contributed by atoms with E-state index in [0.717, 1.165) is 11.5 Å². The molecule has 0 aliphatic heterocycles. The minimum absolute atomic E-state index is 0.0683. The molecule has 1 aromatic carbocycles. The number of nitrogens with zero attached hydrogens (tertiary/aromatic N) is 3. The van der Waals surface area contributed by atoms with E-state index in [4.69, 9.17) is 9.57 Å². The first-order valence-electron chi connectivity index (χ1n) is 7.25. The molecule has 2 rings (SSSR count). The Morgan fingerprint density at radius 3 is 2.73 bits per heavy atom. The molecule has 0 aliphatic carbocycles. The number of amides is 1. The number of anilines is 1. The quantitative estimate of drug-likeness (QED) is 0.541. The fraction of sp³-hybridized carbons (Fsp3) is 0.286. The maximum Gasteiger partial charge on any atom is 0.362 e. The van der Waals surface area contributed by atoms with E-state index in [9.17, 15) is 18.0 Å². The van der Waals surface area contributed by atoms with E-state index >= 15 is 0 Å². The number of hydroxylamine groups is 1. The van der Waals surface area contributed by atoms with Crippen molar-refractivity contribution in [2.45, 2.75) is 11.8 Å². The third-order valence-electron chi connectivity index (χ3n) is 3.17. The lowest BCUT2D eigenvalue weighted by atomic mass is 10.2. The molecule has 1 heterocycles. The molecule has 1 amide bonds. The molecule has 0 aliphatic rings. The zero-order chi connectivity index (χ0) is 19.3. The molecular weight excluding hydrogens is 384 g/mol. The summed E-state index contributed by atoms with van der Waals surface area (Å²) in [7, 11) is -1.46. The second kappa shape index (κ2) is 8.31. The van der Waals surface area contributed by atoms with Crippen molar-refractivity contribution in [1.82, 2.24) is 14.1 Å². The van der Waals surface area contributed by atoms with Crippen molar-refractivity contribution in [1.29, 1.82) is 0 Å². The van der Waals surface area contributed by atoms with Crippen LogP contribution in [0.5, 0.6) is 0 Å². The maximum absolute atomic E-state index is 12.4. The number of hydrogen-bond donors (Lipinski definition) is 1. The highest BCUT2D eigenvalue weighted by Gasteiger charge is 2.23. The van der Waals surface area contributed by atoms with Crippen LogP contribution in [0.3, 0.4) is 0 Å². The van der Waals surface area contributed by atoms with Gasteiger partial charge in [0.05, 0.1) is 18.6 Å². The molecule has 26 heavy (non-hydrogen) atoms. The zero-order valence-corrected chi connectivity index (χ0v) is 15.8. The Morgan fingerprint density at radius 1 is 1.35 bits per heavy atom. The summed E-state index contributed by atoms with van der Waals surface area (Å²) in [6.07, 6.45) is 0. The van der Waals surface area contributed by atoms with Gasteiger partial charge in [-0.3, -0.25) is 9.63 Å². The summed E-state index contributed by atoms with van der Waals surface area (Å²) >= 11 is 0.805. The highest BCUT2D eigenvalue weighted by Crippen LogP contribution is 2.21. The number of nitrogens with one attached hydrogen (secondary N) is 1. The van der Waals surface area contributed by atoms with Crippen LogP contribution in [-0.4, -0.2) is 55.1 Å². The predicted molar refractivity (Wildman–Crippen MR) is 92.2 cm³/mol. The Kier molecular flexibility index (Phi) is 6.37. The molecule has 0 saturated heterocycles. The summed E-state index contributed by atoms with van der Waals surface area (Å²) in [5.74, 6) is -1.34. The largest absolute Gasteiger partial charge is 0.461 e. The van der Waals surface area contributed by atoms with E-state index in [2.05, 4.69) is 14.9 Å². The summed E-state index contributed by atoms with van der Waals surface area (Å²) in [5, 5.41) is 6.22. The summed E-state index contributed by atoms with van der Waals surface area (Å²) in [6, 6.07) is 5.38. The Labute approximate surface area is 153 Å². The summed E-state index contributed by atoms with van der Waals surface area (Å²) in [5.41, 5.74) is -0.0492. The van der Waals surface area contributed by atoms with Crippen LogP contribution >= 0.6 is 11.5 Å². The highest BCUT2D eigenvalue weighted by atomic mass is 32.2. The molecule has 0 fully saturated rings. The second-order valence-corrected chi connectivity index (χ2v) is 7.44. The van der Waals surface area contributed by atoms with Gasteiger partial charge in [0.2, 0.25) is 5.69 Å². The van der Waals surface area contributed by atoms with Gasteiger partial charge in [0, 0.05) is 24.1 Å². The van der Waals surface area contributed by atoms with E-state index < -0.39 is 21.9 Å². The van der Waals surface area contributed by atoms with Crippen molar-refractivity contribution in [2.24, 2.45) is 0 Å². The molecule has 140 valence electrons. The zero-order valence-electron chi connectivity index (χ0n) is 14.1. The minimum Gasteiger partial charge on any atom is -0.461 e. The Hall–Kier alpha value is -2.41. The molecule has 1 N–H and O–H groups in total. The Balaban J connectivity index is 2.26. The third-order valence-corrected chi connectivity index (χ3v) is 5.49. The number of esters is 1. The molecule has 0 spiro atoms. The van der Waals surface area contributed by atoms with Crippen molar-refractivity contribution >= 4 is 38.4 Å². The fourth-order valence-corrected chi connectivity index (χ4v) is 3.40. The van der Waals surface area contributed by atoms with Gasteiger partial charge in [0.25, 0.3) is 15.9 Å². The van der Waals surface area contributed by atoms with Gasteiger partial charge < -0.3 is 10.1 Å². The molecule has 10 nitrogen and oxygen atoms in total. The molecule has 2 aromatic rings. The predicted octanol–water partition coefficient (Wildman–Crippen LogP) is 1.15. The number of carbonyl (C=O) groups is 2. The normalized spacial score (nSPS) is 11.4. The van der Waals surface area contributed by atoms with Gasteiger partial charge in [0.1, 0.15) is 0 Å². The molecule has 0 radical (unpaired) electrons. The molecule has 0 atom stereocenters. The van der Waals surface area contributed by atoms with Crippen molar-refractivity contribution in [3.8, 4) is 0 Å². The Morgan fingerprint density at radius 2 is 2.08 bits per heavy atom. The monoisotopic (exact) mass is 400 g/mol. The van der Waals surface area contributed by atoms with Gasteiger partial charge in [-0.15, -0.1) is 5.10 Å². The van der Waals surface area contributed by atoms with Crippen LogP contribution in [0.15, 0.2) is 29.2 Å². The topological polar surface area (TPSA) is 128 Å². The smallest absolute Gasteiger partial charge is 0.362 e. The van der Waals surface area contributed by atoms with Gasteiger partial charge in [-0.25, -0.2) is 13.2 Å². The van der Waals surface area contributed by atoms with Crippen LogP contribution in [0.1, 0.15) is 27.8 Å². The summed E-state index contributed by atoms with van der Waals surface area (Å²) in [4.78, 5) is 28.8. The van der Waals surface area contributed by atoms with Crippen LogP contribution < -0.4 is 5.32 Å². The molecule has 0 bridgehead atoms. The van der Waals surface area contributed by atoms with Crippen LogP contribution in [-0.2, 0) is 19.6 Å². The van der Waals surface area contributed by atoms with Crippen molar-refractivity contribution < 1.29 is 27.6 Å². The van der Waals surface area contributed by atoms with E-state index in [0.29, 0.717) is 4.47 Å². The first kappa shape index (κ1) is 19.9. The van der Waals surface area contributed by atoms with Gasteiger partial charge in [0.15, 0.2) is 5.00 Å². The summed E-state index contributed by atoms with van der Waals surface area (Å²) < 4.78 is 33.6. The molecule has 12 heteroatoms. The molecular formula is C14H16N4O6S2. The first-order valence-corrected chi connectivity index (χ1v) is 9.46. The van der Waals surface area contributed by atoms with Crippen molar-refractivity contribution in [3.05, 3.63) is 35.5 Å². The highest BCUT2D eigenvalue weighted by molar-refractivity contribution is 7.89. The van der Waals surface area contributed by atoms with Crippen LogP contribution in [0, 0.1) is 0 Å². The van der Waals surface area contributed by atoms with Gasteiger partial charge in [-0.05, 0) is 25.1 Å². The van der Waals surface area contributed by atoms with Crippen LogP contribution in [0.4, 0.5) is 5.00 Å². The third kappa shape index (κ3) is 4.22. The number of carbonyl (C=O) groups excluding carboxylic acids is 2. The fourth-order valence-electron chi connectivity index (χ4n) is 1.83. The molecule has 1 aromatic heterocycles.